The van der Waals surface area contributed by atoms with E-state index in [1.807, 2.05) is 17.9 Å². The maximum atomic E-state index is 4.18. The topological polar surface area (TPSA) is 29.9 Å². The molecule has 0 aliphatic heterocycles. The first-order chi connectivity index (χ1) is 7.29. The Morgan fingerprint density at radius 3 is 2.93 bits per heavy atom. The van der Waals surface area contributed by atoms with Crippen LogP contribution in [0.2, 0.25) is 0 Å². The van der Waals surface area contributed by atoms with E-state index in [2.05, 4.69) is 23.5 Å². The first-order valence-corrected chi connectivity index (χ1v) is 6.00. The molecule has 3 heteroatoms. The van der Waals surface area contributed by atoms with Crippen molar-refractivity contribution in [3.63, 3.8) is 0 Å². The van der Waals surface area contributed by atoms with Gasteiger partial charge in [0, 0.05) is 31.4 Å². The normalized spacial score (nSPS) is 18.0. The van der Waals surface area contributed by atoms with Gasteiger partial charge in [0.25, 0.3) is 0 Å². The molecular weight excluding hydrogens is 186 g/mol. The second-order valence-corrected chi connectivity index (χ2v) is 4.64. The van der Waals surface area contributed by atoms with Gasteiger partial charge in [0.1, 0.15) is 0 Å². The molecular formula is C12H21N3. The van der Waals surface area contributed by atoms with Gasteiger partial charge in [0.05, 0.1) is 6.20 Å². The van der Waals surface area contributed by atoms with E-state index < -0.39 is 0 Å². The summed E-state index contributed by atoms with van der Waals surface area (Å²) < 4.78 is 1.86. The molecule has 0 amide bonds. The van der Waals surface area contributed by atoms with Gasteiger partial charge < -0.3 is 5.32 Å². The monoisotopic (exact) mass is 207 g/mol. The number of aromatic nitrogens is 2. The number of nitrogens with one attached hydrogen (secondary N) is 1. The second kappa shape index (κ2) is 4.79. The molecule has 1 atom stereocenters. The third-order valence-corrected chi connectivity index (χ3v) is 3.12. The average molecular weight is 207 g/mol. The Labute approximate surface area is 91.9 Å². The molecule has 84 valence electrons. The van der Waals surface area contributed by atoms with Crippen molar-refractivity contribution in [2.75, 3.05) is 0 Å². The van der Waals surface area contributed by atoms with Crippen LogP contribution in [0.4, 0.5) is 0 Å². The smallest absolute Gasteiger partial charge is 0.0534 e. The van der Waals surface area contributed by atoms with Crippen molar-refractivity contribution >= 4 is 0 Å². The van der Waals surface area contributed by atoms with Crippen LogP contribution in [0.25, 0.3) is 0 Å². The Kier molecular flexibility index (Phi) is 3.41. The Bertz CT molecular complexity index is 302. The van der Waals surface area contributed by atoms with E-state index in [1.54, 1.807) is 0 Å². The van der Waals surface area contributed by atoms with E-state index in [0.717, 1.165) is 18.5 Å². The Hall–Kier alpha value is -0.830. The molecule has 1 N–H and O–H groups in total. The first-order valence-electron chi connectivity index (χ1n) is 6.00. The summed E-state index contributed by atoms with van der Waals surface area (Å²) in [5, 5.41) is 7.84. The minimum Gasteiger partial charge on any atom is -0.310 e. The minimum absolute atomic E-state index is 0.732. The molecule has 0 aromatic carbocycles. The summed E-state index contributed by atoms with van der Waals surface area (Å²) in [7, 11) is 1.97. The molecule has 3 nitrogen and oxygen atoms in total. The Balaban J connectivity index is 1.79. The van der Waals surface area contributed by atoms with Crippen LogP contribution >= 0.6 is 0 Å². The number of hydrogen-bond acceptors (Lipinski definition) is 2. The summed E-state index contributed by atoms with van der Waals surface area (Å²) >= 11 is 0. The maximum Gasteiger partial charge on any atom is 0.0534 e. The van der Waals surface area contributed by atoms with Crippen LogP contribution in [0.1, 0.15) is 38.2 Å². The number of nitrogens with zero attached hydrogens (tertiary/aromatic N) is 2. The van der Waals surface area contributed by atoms with Crippen molar-refractivity contribution in [1.82, 2.24) is 15.1 Å². The fourth-order valence-corrected chi connectivity index (χ4v) is 2.13. The summed E-state index contributed by atoms with van der Waals surface area (Å²) in [6.45, 7) is 3.23. The van der Waals surface area contributed by atoms with Gasteiger partial charge in [-0.2, -0.15) is 5.10 Å². The van der Waals surface area contributed by atoms with Gasteiger partial charge in [-0.15, -0.1) is 0 Å². The molecule has 0 saturated heterocycles. The van der Waals surface area contributed by atoms with E-state index in [1.165, 1.54) is 31.2 Å². The lowest BCUT2D eigenvalue weighted by atomic mass is 10.1. The van der Waals surface area contributed by atoms with E-state index in [9.17, 15) is 0 Å². The zero-order valence-electron chi connectivity index (χ0n) is 9.74. The van der Waals surface area contributed by atoms with Crippen LogP contribution in [0, 0.1) is 5.92 Å². The maximum absolute atomic E-state index is 4.18. The van der Waals surface area contributed by atoms with Crippen molar-refractivity contribution in [3.8, 4) is 0 Å². The van der Waals surface area contributed by atoms with Crippen LogP contribution in [0.15, 0.2) is 12.4 Å². The summed E-state index contributed by atoms with van der Waals surface area (Å²) in [4.78, 5) is 0. The highest BCUT2D eigenvalue weighted by Crippen LogP contribution is 2.34. The standard InChI is InChI=1S/C12H21N3/c1-3-4-12(11-5-6-11)13-7-10-8-14-15(2)9-10/h8-9,11-13H,3-7H2,1-2H3. The number of aryl methyl sites for hydroxylation is 1. The van der Waals surface area contributed by atoms with Crippen molar-refractivity contribution in [2.45, 2.75) is 45.2 Å². The fourth-order valence-electron chi connectivity index (χ4n) is 2.13. The molecule has 2 rings (SSSR count). The van der Waals surface area contributed by atoms with Gasteiger partial charge in [-0.25, -0.2) is 0 Å². The minimum atomic E-state index is 0.732. The van der Waals surface area contributed by atoms with Gasteiger partial charge in [0.15, 0.2) is 0 Å². The summed E-state index contributed by atoms with van der Waals surface area (Å²) in [6.07, 6.45) is 9.47. The van der Waals surface area contributed by atoms with Crippen LogP contribution < -0.4 is 5.32 Å². The predicted molar refractivity (Wildman–Crippen MR) is 61.5 cm³/mol. The molecule has 1 aliphatic carbocycles. The molecule has 1 aromatic rings. The lowest BCUT2D eigenvalue weighted by Gasteiger charge is -2.16. The Morgan fingerprint density at radius 1 is 1.60 bits per heavy atom. The third-order valence-electron chi connectivity index (χ3n) is 3.12. The Morgan fingerprint density at radius 2 is 2.40 bits per heavy atom. The lowest BCUT2D eigenvalue weighted by molar-refractivity contribution is 0.430. The zero-order chi connectivity index (χ0) is 10.7. The third kappa shape index (κ3) is 3.06. The molecule has 1 unspecified atom stereocenters. The zero-order valence-corrected chi connectivity index (χ0v) is 9.74. The van der Waals surface area contributed by atoms with E-state index in [-0.39, 0.29) is 0 Å². The van der Waals surface area contributed by atoms with Crippen LogP contribution in [0.3, 0.4) is 0 Å². The quantitative estimate of drug-likeness (QED) is 0.774. The highest BCUT2D eigenvalue weighted by atomic mass is 15.2. The highest BCUT2D eigenvalue weighted by molar-refractivity contribution is 5.03. The highest BCUT2D eigenvalue weighted by Gasteiger charge is 2.29. The van der Waals surface area contributed by atoms with Crippen LogP contribution in [0.5, 0.6) is 0 Å². The summed E-state index contributed by atoms with van der Waals surface area (Å²) in [5.74, 6) is 0.946. The first kappa shape index (κ1) is 10.7. The van der Waals surface area contributed by atoms with Gasteiger partial charge in [0.2, 0.25) is 0 Å². The molecule has 1 heterocycles. The number of hydrogen-bond donors (Lipinski definition) is 1. The average Bonchev–Trinajstić information content (AvgIpc) is 2.97. The lowest BCUT2D eigenvalue weighted by Crippen LogP contribution is -2.30. The molecule has 1 aromatic heterocycles. The molecule has 0 bridgehead atoms. The van der Waals surface area contributed by atoms with Crippen molar-refractivity contribution < 1.29 is 0 Å². The van der Waals surface area contributed by atoms with E-state index in [0.29, 0.717) is 0 Å². The van der Waals surface area contributed by atoms with Gasteiger partial charge in [-0.3, -0.25) is 4.68 Å². The molecule has 15 heavy (non-hydrogen) atoms. The van der Waals surface area contributed by atoms with Crippen molar-refractivity contribution in [2.24, 2.45) is 13.0 Å². The second-order valence-electron chi connectivity index (χ2n) is 4.64. The summed E-state index contributed by atoms with van der Waals surface area (Å²) in [6, 6.07) is 0.732. The number of rotatable bonds is 6. The largest absolute Gasteiger partial charge is 0.310 e. The van der Waals surface area contributed by atoms with Gasteiger partial charge in [-0.1, -0.05) is 13.3 Å². The van der Waals surface area contributed by atoms with Crippen molar-refractivity contribution in [3.05, 3.63) is 18.0 Å². The molecule has 1 saturated carbocycles. The van der Waals surface area contributed by atoms with E-state index >= 15 is 0 Å². The summed E-state index contributed by atoms with van der Waals surface area (Å²) in [5.41, 5.74) is 1.29. The van der Waals surface area contributed by atoms with Gasteiger partial charge in [-0.05, 0) is 25.2 Å². The van der Waals surface area contributed by atoms with Crippen LogP contribution in [-0.2, 0) is 13.6 Å². The van der Waals surface area contributed by atoms with E-state index in [4.69, 9.17) is 0 Å². The van der Waals surface area contributed by atoms with Crippen LogP contribution in [-0.4, -0.2) is 15.8 Å². The molecule has 0 radical (unpaired) electrons. The predicted octanol–water partition coefficient (Wildman–Crippen LogP) is 2.09. The molecule has 1 fully saturated rings. The molecule has 0 spiro atoms. The fraction of sp³-hybridized carbons (Fsp3) is 0.750. The van der Waals surface area contributed by atoms with Crippen molar-refractivity contribution in [1.29, 1.82) is 0 Å². The SMILES string of the molecule is CCCC(NCc1cnn(C)c1)C1CC1. The molecule has 1 aliphatic rings. The van der Waals surface area contributed by atoms with Gasteiger partial charge >= 0.3 is 0 Å².